The summed E-state index contributed by atoms with van der Waals surface area (Å²) in [6.07, 6.45) is 0. The number of carbonyl (C=O) groups is 1. The van der Waals surface area contributed by atoms with Crippen molar-refractivity contribution >= 4 is 21.4 Å². The number of anilines is 1. The lowest BCUT2D eigenvalue weighted by molar-refractivity contribution is 0.102. The van der Waals surface area contributed by atoms with Crippen molar-refractivity contribution in [2.24, 2.45) is 0 Å². The molecule has 0 aliphatic rings. The summed E-state index contributed by atoms with van der Waals surface area (Å²) >= 11 is 0. The summed E-state index contributed by atoms with van der Waals surface area (Å²) in [4.78, 5) is 11.3. The molecular formula is C14H10F3NO3S. The molecule has 0 spiro atoms. The number of para-hydroxylation sites is 1. The Morgan fingerprint density at radius 3 is 2.14 bits per heavy atom. The van der Waals surface area contributed by atoms with Gasteiger partial charge in [-0.25, -0.2) is 12.8 Å². The number of alkyl halides is 2. The molecule has 116 valence electrons. The number of carbonyl (C=O) groups excluding carboxylic acids is 1. The molecule has 8 heteroatoms. The van der Waals surface area contributed by atoms with E-state index >= 15 is 0 Å². The second-order valence-corrected chi connectivity index (χ2v) is 6.18. The third-order valence-electron chi connectivity index (χ3n) is 2.80. The molecule has 0 saturated carbocycles. The van der Waals surface area contributed by atoms with Gasteiger partial charge in [0.15, 0.2) is 0 Å². The zero-order valence-electron chi connectivity index (χ0n) is 11.0. The quantitative estimate of drug-likeness (QED) is 0.937. The maximum Gasteiger partial charge on any atom is 0.341 e. The Morgan fingerprint density at radius 1 is 1.00 bits per heavy atom. The molecular weight excluding hydrogens is 319 g/mol. The Bertz CT molecular complexity index is 789. The molecule has 0 radical (unpaired) electrons. The van der Waals surface area contributed by atoms with Crippen LogP contribution in [0, 0.1) is 5.82 Å². The van der Waals surface area contributed by atoms with E-state index in [0.29, 0.717) is 0 Å². The molecule has 0 bridgehead atoms. The molecule has 0 aromatic heterocycles. The van der Waals surface area contributed by atoms with Crippen molar-refractivity contribution in [1.82, 2.24) is 0 Å². The lowest BCUT2D eigenvalue weighted by atomic mass is 10.2. The van der Waals surface area contributed by atoms with Gasteiger partial charge in [-0.1, -0.05) is 12.1 Å². The third-order valence-corrected chi connectivity index (χ3v) is 4.20. The van der Waals surface area contributed by atoms with Crippen molar-refractivity contribution in [2.45, 2.75) is 10.7 Å². The van der Waals surface area contributed by atoms with Crippen molar-refractivity contribution in [3.8, 4) is 0 Å². The molecule has 0 saturated heterocycles. The first kappa shape index (κ1) is 16.0. The van der Waals surface area contributed by atoms with Crippen LogP contribution in [-0.2, 0) is 9.84 Å². The summed E-state index contributed by atoms with van der Waals surface area (Å²) < 4.78 is 60.7. The highest BCUT2D eigenvalue weighted by atomic mass is 32.2. The van der Waals surface area contributed by atoms with Gasteiger partial charge in [-0.05, 0) is 36.4 Å². The van der Waals surface area contributed by atoms with E-state index < -0.39 is 32.2 Å². The van der Waals surface area contributed by atoms with Crippen molar-refractivity contribution in [2.75, 3.05) is 5.32 Å². The molecule has 2 rings (SSSR count). The van der Waals surface area contributed by atoms with Gasteiger partial charge in [0.2, 0.25) is 9.84 Å². The summed E-state index contributed by atoms with van der Waals surface area (Å²) in [5.74, 6) is -4.86. The Morgan fingerprint density at radius 2 is 1.59 bits per heavy atom. The average molecular weight is 329 g/mol. The Balaban J connectivity index is 2.21. The molecule has 1 amide bonds. The molecule has 0 atom stereocenters. The summed E-state index contributed by atoms with van der Waals surface area (Å²) in [6, 6.07) is 9.44. The Hall–Kier alpha value is -2.35. The van der Waals surface area contributed by atoms with Crippen LogP contribution in [0.15, 0.2) is 53.4 Å². The number of amides is 1. The summed E-state index contributed by atoms with van der Waals surface area (Å²) in [5, 5.41) is 2.30. The minimum Gasteiger partial charge on any atom is -0.319 e. The normalized spacial score (nSPS) is 11.5. The molecule has 0 aliphatic heterocycles. The summed E-state index contributed by atoms with van der Waals surface area (Å²) in [5.41, 5.74) is -0.0340. The highest BCUT2D eigenvalue weighted by Crippen LogP contribution is 2.19. The van der Waals surface area contributed by atoms with E-state index in [1.807, 2.05) is 0 Å². The molecule has 4 nitrogen and oxygen atoms in total. The first-order chi connectivity index (χ1) is 10.3. The van der Waals surface area contributed by atoms with E-state index in [0.717, 1.165) is 30.3 Å². The zero-order chi connectivity index (χ0) is 16.3. The first-order valence-corrected chi connectivity index (χ1v) is 7.55. The van der Waals surface area contributed by atoms with Gasteiger partial charge in [-0.15, -0.1) is 0 Å². The van der Waals surface area contributed by atoms with Gasteiger partial charge < -0.3 is 5.32 Å². The van der Waals surface area contributed by atoms with Gasteiger partial charge >= 0.3 is 5.76 Å². The topological polar surface area (TPSA) is 63.2 Å². The van der Waals surface area contributed by atoms with Crippen LogP contribution >= 0.6 is 0 Å². The van der Waals surface area contributed by atoms with Crippen molar-refractivity contribution in [3.05, 3.63) is 59.9 Å². The third kappa shape index (κ3) is 3.28. The fraction of sp³-hybridized carbons (Fsp3) is 0.0714. The molecule has 0 aliphatic carbocycles. The van der Waals surface area contributed by atoms with Crippen molar-refractivity contribution < 1.29 is 26.4 Å². The van der Waals surface area contributed by atoms with Gasteiger partial charge in [-0.3, -0.25) is 4.79 Å². The number of halogens is 3. The summed E-state index contributed by atoms with van der Waals surface area (Å²) in [7, 11) is -4.71. The van der Waals surface area contributed by atoms with E-state index in [4.69, 9.17) is 0 Å². The molecule has 2 aromatic rings. The molecule has 0 fully saturated rings. The van der Waals surface area contributed by atoms with Crippen LogP contribution in [0.5, 0.6) is 0 Å². The molecule has 22 heavy (non-hydrogen) atoms. The van der Waals surface area contributed by atoms with Crippen LogP contribution in [-0.4, -0.2) is 20.1 Å². The zero-order valence-corrected chi connectivity index (χ0v) is 11.8. The van der Waals surface area contributed by atoms with Crippen LogP contribution < -0.4 is 5.32 Å². The predicted molar refractivity (Wildman–Crippen MR) is 74.0 cm³/mol. The molecule has 0 unspecified atom stereocenters. The van der Waals surface area contributed by atoms with E-state index in [-0.39, 0.29) is 11.3 Å². The highest BCUT2D eigenvalue weighted by molar-refractivity contribution is 7.91. The molecule has 2 aromatic carbocycles. The number of nitrogens with one attached hydrogen (secondary N) is 1. The second kappa shape index (κ2) is 6.18. The predicted octanol–water partition coefficient (Wildman–Crippen LogP) is 3.07. The summed E-state index contributed by atoms with van der Waals surface area (Å²) in [6.45, 7) is 0. The fourth-order valence-corrected chi connectivity index (χ4v) is 2.38. The number of rotatable bonds is 4. The van der Waals surface area contributed by atoms with Crippen LogP contribution in [0.3, 0.4) is 0 Å². The first-order valence-electron chi connectivity index (χ1n) is 6.00. The number of sulfone groups is 1. The van der Waals surface area contributed by atoms with E-state index in [1.165, 1.54) is 18.2 Å². The SMILES string of the molecule is O=C(Nc1ccccc1F)c1ccc(S(=O)(=O)C(F)F)cc1. The average Bonchev–Trinajstić information content (AvgIpc) is 2.49. The largest absolute Gasteiger partial charge is 0.341 e. The van der Waals surface area contributed by atoms with Gasteiger partial charge in [0, 0.05) is 5.56 Å². The van der Waals surface area contributed by atoms with Crippen molar-refractivity contribution in [3.63, 3.8) is 0 Å². The Kier molecular flexibility index (Phi) is 4.51. The maximum absolute atomic E-state index is 13.4. The highest BCUT2D eigenvalue weighted by Gasteiger charge is 2.26. The van der Waals surface area contributed by atoms with Gasteiger partial charge in [0.05, 0.1) is 10.6 Å². The number of hydrogen-bond donors (Lipinski definition) is 1. The van der Waals surface area contributed by atoms with Crippen LogP contribution in [0.2, 0.25) is 0 Å². The smallest absolute Gasteiger partial charge is 0.319 e. The van der Waals surface area contributed by atoms with Gasteiger partial charge in [-0.2, -0.15) is 8.78 Å². The Labute approximate surface area is 124 Å². The minimum absolute atomic E-state index is 0.0106. The van der Waals surface area contributed by atoms with E-state index in [2.05, 4.69) is 5.32 Å². The lowest BCUT2D eigenvalue weighted by Gasteiger charge is -2.07. The van der Waals surface area contributed by atoms with Crippen LogP contribution in [0.1, 0.15) is 10.4 Å². The second-order valence-electron chi connectivity index (χ2n) is 4.26. The molecule has 0 heterocycles. The fourth-order valence-electron chi connectivity index (χ4n) is 1.66. The minimum atomic E-state index is -4.71. The van der Waals surface area contributed by atoms with Crippen LogP contribution in [0.25, 0.3) is 0 Å². The number of hydrogen-bond acceptors (Lipinski definition) is 3. The standard InChI is InChI=1S/C14H10F3NO3S/c15-11-3-1-2-4-12(11)18-13(19)9-5-7-10(8-6-9)22(20,21)14(16)17/h1-8,14H,(H,18,19). The van der Waals surface area contributed by atoms with Gasteiger partial charge in [0.25, 0.3) is 5.91 Å². The van der Waals surface area contributed by atoms with Crippen LogP contribution in [0.4, 0.5) is 18.9 Å². The lowest BCUT2D eigenvalue weighted by Crippen LogP contribution is -2.14. The van der Waals surface area contributed by atoms with E-state index in [1.54, 1.807) is 0 Å². The monoisotopic (exact) mass is 329 g/mol. The molecule has 1 N–H and O–H groups in total. The number of benzene rings is 2. The van der Waals surface area contributed by atoms with Gasteiger partial charge in [0.1, 0.15) is 5.82 Å². The van der Waals surface area contributed by atoms with Crippen molar-refractivity contribution in [1.29, 1.82) is 0 Å². The van der Waals surface area contributed by atoms with E-state index in [9.17, 15) is 26.4 Å². The maximum atomic E-state index is 13.4.